The molecule has 0 N–H and O–H groups in total. The van der Waals surface area contributed by atoms with Crippen molar-refractivity contribution in [2.24, 2.45) is 0 Å². The minimum Gasteiger partial charge on any atom is -0.389 e. The summed E-state index contributed by atoms with van der Waals surface area (Å²) in [7, 11) is 0. The SMILES string of the molecule is O=C(OC(=O)C1CO1)C1CO1. The van der Waals surface area contributed by atoms with Gasteiger partial charge in [-0.1, -0.05) is 0 Å². The summed E-state index contributed by atoms with van der Waals surface area (Å²) >= 11 is 0. The minimum atomic E-state index is -0.606. The van der Waals surface area contributed by atoms with Gasteiger partial charge < -0.3 is 14.2 Å². The summed E-state index contributed by atoms with van der Waals surface area (Å²) in [5.41, 5.74) is 0. The normalized spacial score (nSPS) is 32.7. The zero-order chi connectivity index (χ0) is 7.84. The number of rotatable bonds is 2. The maximum absolute atomic E-state index is 10.7. The molecule has 2 fully saturated rings. The average molecular weight is 158 g/mol. The van der Waals surface area contributed by atoms with E-state index < -0.39 is 24.1 Å². The van der Waals surface area contributed by atoms with Crippen molar-refractivity contribution in [1.82, 2.24) is 0 Å². The van der Waals surface area contributed by atoms with Crippen molar-refractivity contribution < 1.29 is 23.8 Å². The molecule has 2 atom stereocenters. The molecule has 2 unspecified atom stereocenters. The molecule has 2 aliphatic rings. The van der Waals surface area contributed by atoms with E-state index in [-0.39, 0.29) is 0 Å². The first-order chi connectivity index (χ1) is 5.27. The van der Waals surface area contributed by atoms with Gasteiger partial charge in [-0.3, -0.25) is 0 Å². The van der Waals surface area contributed by atoms with E-state index in [0.717, 1.165) is 0 Å². The third kappa shape index (κ3) is 1.55. The van der Waals surface area contributed by atoms with E-state index >= 15 is 0 Å². The number of carbonyl (C=O) groups excluding carboxylic acids is 2. The fourth-order valence-corrected chi connectivity index (χ4v) is 0.599. The standard InChI is InChI=1S/C6H6O5/c7-5(3-1-9-3)11-6(8)4-2-10-4/h3-4H,1-2H2. The predicted octanol–water partition coefficient (Wildman–Crippen LogP) is -1.15. The number of ether oxygens (including phenoxy) is 3. The Bertz CT molecular complexity index is 181. The van der Waals surface area contributed by atoms with Crippen LogP contribution >= 0.6 is 0 Å². The van der Waals surface area contributed by atoms with Crippen LogP contribution in [0.1, 0.15) is 0 Å². The molecule has 0 bridgehead atoms. The van der Waals surface area contributed by atoms with Crippen LogP contribution < -0.4 is 0 Å². The summed E-state index contributed by atoms with van der Waals surface area (Å²) in [4.78, 5) is 21.4. The highest BCUT2D eigenvalue weighted by molar-refractivity contribution is 5.91. The molecule has 0 aromatic carbocycles. The zero-order valence-electron chi connectivity index (χ0n) is 5.61. The molecule has 2 rings (SSSR count). The van der Waals surface area contributed by atoms with E-state index in [1.54, 1.807) is 0 Å². The van der Waals surface area contributed by atoms with Crippen LogP contribution in [0.4, 0.5) is 0 Å². The van der Waals surface area contributed by atoms with Crippen LogP contribution in [0.2, 0.25) is 0 Å². The summed E-state index contributed by atoms with van der Waals surface area (Å²) in [6.45, 7) is 0.718. The van der Waals surface area contributed by atoms with Crippen molar-refractivity contribution in [3.63, 3.8) is 0 Å². The Morgan fingerprint density at radius 2 is 1.45 bits per heavy atom. The Morgan fingerprint density at radius 3 is 1.73 bits per heavy atom. The highest BCUT2D eigenvalue weighted by Gasteiger charge is 2.39. The molecule has 11 heavy (non-hydrogen) atoms. The van der Waals surface area contributed by atoms with Gasteiger partial charge in [0.25, 0.3) is 0 Å². The average Bonchev–Trinajstić information content (AvgIpc) is 2.84. The van der Waals surface area contributed by atoms with Crippen molar-refractivity contribution in [1.29, 1.82) is 0 Å². The Balaban J connectivity index is 1.78. The third-order valence-corrected chi connectivity index (χ3v) is 1.39. The first-order valence-electron chi connectivity index (χ1n) is 3.26. The number of hydrogen-bond acceptors (Lipinski definition) is 5. The molecule has 2 heterocycles. The van der Waals surface area contributed by atoms with Crippen molar-refractivity contribution in [3.8, 4) is 0 Å². The second-order valence-corrected chi connectivity index (χ2v) is 2.38. The van der Waals surface area contributed by atoms with Crippen molar-refractivity contribution in [2.75, 3.05) is 13.2 Å². The van der Waals surface area contributed by atoms with Crippen LogP contribution in [0.15, 0.2) is 0 Å². The van der Waals surface area contributed by atoms with Crippen molar-refractivity contribution in [3.05, 3.63) is 0 Å². The number of epoxide rings is 2. The second kappa shape index (κ2) is 2.28. The summed E-state index contributed by atoms with van der Waals surface area (Å²) in [6.07, 6.45) is -1.03. The van der Waals surface area contributed by atoms with E-state index in [1.165, 1.54) is 0 Å². The van der Waals surface area contributed by atoms with Gasteiger partial charge in [0.2, 0.25) is 0 Å². The topological polar surface area (TPSA) is 68.4 Å². The molecule has 0 saturated carbocycles. The molecule has 2 aliphatic heterocycles. The monoisotopic (exact) mass is 158 g/mol. The molecular formula is C6H6O5. The van der Waals surface area contributed by atoms with Gasteiger partial charge in [0.05, 0.1) is 13.2 Å². The summed E-state index contributed by atoms with van der Waals surface area (Å²) in [5.74, 6) is -1.21. The fourth-order valence-electron chi connectivity index (χ4n) is 0.599. The van der Waals surface area contributed by atoms with Crippen molar-refractivity contribution >= 4 is 11.9 Å². The van der Waals surface area contributed by atoms with Crippen LogP contribution in [0, 0.1) is 0 Å². The Morgan fingerprint density at radius 1 is 1.09 bits per heavy atom. The van der Waals surface area contributed by atoms with E-state index in [2.05, 4.69) is 14.2 Å². The third-order valence-electron chi connectivity index (χ3n) is 1.39. The number of carbonyl (C=O) groups is 2. The van der Waals surface area contributed by atoms with E-state index in [9.17, 15) is 9.59 Å². The molecule has 0 spiro atoms. The molecule has 0 amide bonds. The lowest BCUT2D eigenvalue weighted by atomic mass is 10.4. The van der Waals surface area contributed by atoms with Gasteiger partial charge in [0, 0.05) is 0 Å². The Labute approximate surface area is 62.2 Å². The van der Waals surface area contributed by atoms with Gasteiger partial charge in [-0.25, -0.2) is 9.59 Å². The van der Waals surface area contributed by atoms with Crippen LogP contribution in [-0.2, 0) is 23.8 Å². The van der Waals surface area contributed by atoms with E-state index in [4.69, 9.17) is 0 Å². The molecule has 2 saturated heterocycles. The largest absolute Gasteiger partial charge is 0.389 e. The molecule has 0 aliphatic carbocycles. The van der Waals surface area contributed by atoms with E-state index in [0.29, 0.717) is 13.2 Å². The van der Waals surface area contributed by atoms with Crippen LogP contribution in [0.25, 0.3) is 0 Å². The molecule has 60 valence electrons. The van der Waals surface area contributed by atoms with Gasteiger partial charge in [-0.15, -0.1) is 0 Å². The minimum absolute atomic E-state index is 0.359. The Hall–Kier alpha value is -0.940. The summed E-state index contributed by atoms with van der Waals surface area (Å²) in [6, 6.07) is 0. The zero-order valence-corrected chi connectivity index (χ0v) is 5.61. The van der Waals surface area contributed by atoms with Crippen LogP contribution in [-0.4, -0.2) is 37.4 Å². The molecule has 5 heteroatoms. The molecule has 0 aromatic rings. The quantitative estimate of drug-likeness (QED) is 0.288. The van der Waals surface area contributed by atoms with E-state index in [1.807, 2.05) is 0 Å². The maximum atomic E-state index is 10.7. The van der Waals surface area contributed by atoms with Crippen LogP contribution in [0.5, 0.6) is 0 Å². The highest BCUT2D eigenvalue weighted by atomic mass is 16.7. The van der Waals surface area contributed by atoms with Crippen LogP contribution in [0.3, 0.4) is 0 Å². The van der Waals surface area contributed by atoms with Gasteiger partial charge in [0.1, 0.15) is 0 Å². The summed E-state index contributed by atoms with van der Waals surface area (Å²) in [5, 5.41) is 0. The Kier molecular flexibility index (Phi) is 1.40. The second-order valence-electron chi connectivity index (χ2n) is 2.38. The highest BCUT2D eigenvalue weighted by Crippen LogP contribution is 2.15. The maximum Gasteiger partial charge on any atom is 0.345 e. The number of esters is 2. The van der Waals surface area contributed by atoms with Gasteiger partial charge in [-0.05, 0) is 0 Å². The lowest BCUT2D eigenvalue weighted by molar-refractivity contribution is -0.161. The first-order valence-corrected chi connectivity index (χ1v) is 3.26. The first kappa shape index (κ1) is 6.75. The molecular weight excluding hydrogens is 152 g/mol. The lowest BCUT2D eigenvalue weighted by Crippen LogP contribution is -2.20. The van der Waals surface area contributed by atoms with Gasteiger partial charge in [-0.2, -0.15) is 0 Å². The predicted molar refractivity (Wildman–Crippen MR) is 30.6 cm³/mol. The fraction of sp³-hybridized carbons (Fsp3) is 0.667. The number of hydrogen-bond donors (Lipinski definition) is 0. The lowest BCUT2D eigenvalue weighted by Gasteiger charge is -1.95. The smallest absolute Gasteiger partial charge is 0.345 e. The van der Waals surface area contributed by atoms with Crippen molar-refractivity contribution in [2.45, 2.75) is 12.2 Å². The molecule has 0 aromatic heterocycles. The van der Waals surface area contributed by atoms with Gasteiger partial charge >= 0.3 is 11.9 Å². The summed E-state index contributed by atoms with van der Waals surface area (Å²) < 4.78 is 13.6. The van der Waals surface area contributed by atoms with Gasteiger partial charge in [0.15, 0.2) is 12.2 Å². The molecule has 0 radical (unpaired) electrons. The molecule has 5 nitrogen and oxygen atoms in total.